The smallest absolute Gasteiger partial charge is 0.214 e. The Morgan fingerprint density at radius 1 is 1.22 bits per heavy atom. The van der Waals surface area contributed by atoms with Crippen molar-refractivity contribution in [1.82, 2.24) is 4.31 Å². The van der Waals surface area contributed by atoms with Crippen molar-refractivity contribution >= 4 is 10.0 Å². The third-order valence-corrected chi connectivity index (χ3v) is 6.44. The molecule has 1 saturated heterocycles. The van der Waals surface area contributed by atoms with E-state index in [0.29, 0.717) is 24.9 Å². The van der Waals surface area contributed by atoms with Gasteiger partial charge in [-0.25, -0.2) is 12.7 Å². The Bertz CT molecular complexity index is 400. The van der Waals surface area contributed by atoms with Crippen molar-refractivity contribution in [2.24, 2.45) is 23.0 Å². The van der Waals surface area contributed by atoms with Crippen molar-refractivity contribution in [1.29, 1.82) is 0 Å². The fraction of sp³-hybridized carbons (Fsp3) is 1.00. The Kier molecular flexibility index (Phi) is 3.78. The monoisotopic (exact) mass is 274 g/mol. The Hall–Kier alpha value is -0.130. The summed E-state index contributed by atoms with van der Waals surface area (Å²) in [5.74, 6) is 1.10. The standard InChI is InChI=1S/C13H26N2O2S/c1-13(2,3)9-18(16,17)15-7-10-5-4-6-12(14)11(10)8-15/h10-12H,4-9,14H2,1-3H3. The van der Waals surface area contributed by atoms with Crippen LogP contribution in [0, 0.1) is 17.3 Å². The van der Waals surface area contributed by atoms with Crippen molar-refractivity contribution in [3.8, 4) is 0 Å². The average molecular weight is 274 g/mol. The molecule has 0 bridgehead atoms. The van der Waals surface area contributed by atoms with Gasteiger partial charge in [-0.15, -0.1) is 0 Å². The normalized spacial score (nSPS) is 34.6. The molecule has 4 nitrogen and oxygen atoms in total. The summed E-state index contributed by atoms with van der Waals surface area (Å²) in [6, 6.07) is 0.193. The molecule has 3 unspecified atom stereocenters. The van der Waals surface area contributed by atoms with Gasteiger partial charge in [0.2, 0.25) is 10.0 Å². The zero-order chi connectivity index (χ0) is 13.6. The molecule has 1 heterocycles. The van der Waals surface area contributed by atoms with Gasteiger partial charge < -0.3 is 5.73 Å². The number of nitrogens with two attached hydrogens (primary N) is 1. The minimum atomic E-state index is -3.12. The van der Waals surface area contributed by atoms with Crippen molar-refractivity contribution < 1.29 is 8.42 Å². The van der Waals surface area contributed by atoms with Crippen LogP contribution in [0.5, 0.6) is 0 Å². The number of fused-ring (bicyclic) bond motifs is 1. The Morgan fingerprint density at radius 2 is 1.89 bits per heavy atom. The van der Waals surface area contributed by atoms with Crippen LogP contribution in [0.25, 0.3) is 0 Å². The lowest BCUT2D eigenvalue weighted by molar-refractivity contribution is 0.260. The molecule has 2 aliphatic rings. The largest absolute Gasteiger partial charge is 0.327 e. The van der Waals surface area contributed by atoms with E-state index < -0.39 is 10.0 Å². The highest BCUT2D eigenvalue weighted by Gasteiger charge is 2.43. The van der Waals surface area contributed by atoms with Crippen LogP contribution in [-0.4, -0.2) is 37.6 Å². The summed E-state index contributed by atoms with van der Waals surface area (Å²) in [4.78, 5) is 0. The maximum atomic E-state index is 12.4. The van der Waals surface area contributed by atoms with Crippen LogP contribution < -0.4 is 5.73 Å². The Balaban J connectivity index is 2.08. The first-order chi connectivity index (χ1) is 8.19. The number of hydrogen-bond acceptors (Lipinski definition) is 3. The highest BCUT2D eigenvalue weighted by molar-refractivity contribution is 7.89. The van der Waals surface area contributed by atoms with E-state index in [2.05, 4.69) is 0 Å². The van der Waals surface area contributed by atoms with E-state index >= 15 is 0 Å². The summed E-state index contributed by atoms with van der Waals surface area (Å²) in [7, 11) is -3.12. The summed E-state index contributed by atoms with van der Waals surface area (Å²) in [5, 5.41) is 0. The lowest BCUT2D eigenvalue weighted by Crippen LogP contribution is -2.39. The van der Waals surface area contributed by atoms with Gasteiger partial charge in [0, 0.05) is 19.1 Å². The van der Waals surface area contributed by atoms with Crippen LogP contribution in [0.15, 0.2) is 0 Å². The van der Waals surface area contributed by atoms with Gasteiger partial charge in [-0.05, 0) is 30.1 Å². The fourth-order valence-electron chi connectivity index (χ4n) is 3.34. The van der Waals surface area contributed by atoms with E-state index in [4.69, 9.17) is 5.73 Å². The first-order valence-corrected chi connectivity index (χ1v) is 8.53. The molecule has 3 atom stereocenters. The molecule has 0 radical (unpaired) electrons. The molecule has 2 N–H and O–H groups in total. The molecule has 2 rings (SSSR count). The van der Waals surface area contributed by atoms with Crippen molar-refractivity contribution in [3.63, 3.8) is 0 Å². The second-order valence-electron chi connectivity index (χ2n) is 7.15. The first-order valence-electron chi connectivity index (χ1n) is 6.92. The first kappa shape index (κ1) is 14.3. The highest BCUT2D eigenvalue weighted by Crippen LogP contribution is 2.37. The molecule has 106 valence electrons. The molecule has 0 aromatic rings. The van der Waals surface area contributed by atoms with Crippen LogP contribution in [-0.2, 0) is 10.0 Å². The van der Waals surface area contributed by atoms with E-state index in [-0.39, 0.29) is 17.2 Å². The zero-order valence-corrected chi connectivity index (χ0v) is 12.5. The maximum Gasteiger partial charge on any atom is 0.214 e. The van der Waals surface area contributed by atoms with E-state index in [9.17, 15) is 8.42 Å². The Morgan fingerprint density at radius 3 is 2.44 bits per heavy atom. The number of sulfonamides is 1. The van der Waals surface area contributed by atoms with Gasteiger partial charge in [0.15, 0.2) is 0 Å². The molecule has 1 aliphatic carbocycles. The molecule has 1 aliphatic heterocycles. The third-order valence-electron chi connectivity index (χ3n) is 4.13. The minimum absolute atomic E-state index is 0.186. The Labute approximate surface area is 111 Å². The molecular weight excluding hydrogens is 248 g/mol. The second kappa shape index (κ2) is 4.76. The van der Waals surface area contributed by atoms with Gasteiger partial charge in [-0.1, -0.05) is 27.2 Å². The lowest BCUT2D eigenvalue weighted by atomic mass is 9.78. The van der Waals surface area contributed by atoms with Crippen molar-refractivity contribution in [3.05, 3.63) is 0 Å². The summed E-state index contributed by atoms with van der Waals surface area (Å²) < 4.78 is 26.5. The van der Waals surface area contributed by atoms with Gasteiger partial charge in [0.25, 0.3) is 0 Å². The van der Waals surface area contributed by atoms with Crippen LogP contribution in [0.2, 0.25) is 0 Å². The zero-order valence-electron chi connectivity index (χ0n) is 11.7. The molecule has 0 aromatic carbocycles. The van der Waals surface area contributed by atoms with Crippen LogP contribution in [0.1, 0.15) is 40.0 Å². The average Bonchev–Trinajstić information content (AvgIpc) is 2.59. The number of hydrogen-bond donors (Lipinski definition) is 1. The molecular formula is C13H26N2O2S. The van der Waals surface area contributed by atoms with E-state index in [0.717, 1.165) is 19.3 Å². The van der Waals surface area contributed by atoms with Crippen molar-refractivity contribution in [2.75, 3.05) is 18.8 Å². The molecule has 0 aromatic heterocycles. The molecule has 2 fully saturated rings. The van der Waals surface area contributed by atoms with Gasteiger partial charge in [0.1, 0.15) is 0 Å². The van der Waals surface area contributed by atoms with Gasteiger partial charge in [-0.3, -0.25) is 0 Å². The summed E-state index contributed by atoms with van der Waals surface area (Å²) in [6.07, 6.45) is 3.34. The predicted octanol–water partition coefficient (Wildman–Crippen LogP) is 1.42. The van der Waals surface area contributed by atoms with Crippen LogP contribution in [0.3, 0.4) is 0 Å². The fourth-order valence-corrected chi connectivity index (χ4v) is 5.44. The number of nitrogens with zero attached hydrogens (tertiary/aromatic N) is 1. The highest BCUT2D eigenvalue weighted by atomic mass is 32.2. The summed E-state index contributed by atoms with van der Waals surface area (Å²) >= 11 is 0. The van der Waals surface area contributed by atoms with E-state index in [1.807, 2.05) is 20.8 Å². The van der Waals surface area contributed by atoms with Gasteiger partial charge in [0.05, 0.1) is 5.75 Å². The summed E-state index contributed by atoms with van der Waals surface area (Å²) in [6.45, 7) is 7.25. The lowest BCUT2D eigenvalue weighted by Gasteiger charge is -2.29. The van der Waals surface area contributed by atoms with Gasteiger partial charge >= 0.3 is 0 Å². The summed E-state index contributed by atoms with van der Waals surface area (Å²) in [5.41, 5.74) is 5.95. The van der Waals surface area contributed by atoms with Crippen molar-refractivity contribution in [2.45, 2.75) is 46.1 Å². The molecule has 0 spiro atoms. The number of rotatable bonds is 2. The predicted molar refractivity (Wildman–Crippen MR) is 73.6 cm³/mol. The second-order valence-corrected chi connectivity index (χ2v) is 9.12. The molecule has 1 saturated carbocycles. The SMILES string of the molecule is CC(C)(C)CS(=O)(=O)N1CC2CCCC(N)C2C1. The van der Waals surface area contributed by atoms with Crippen LogP contribution in [0.4, 0.5) is 0 Å². The minimum Gasteiger partial charge on any atom is -0.327 e. The van der Waals surface area contributed by atoms with Gasteiger partial charge in [-0.2, -0.15) is 0 Å². The van der Waals surface area contributed by atoms with E-state index in [1.165, 1.54) is 0 Å². The third kappa shape index (κ3) is 3.06. The molecule has 5 heteroatoms. The topological polar surface area (TPSA) is 63.4 Å². The molecule has 0 amide bonds. The maximum absolute atomic E-state index is 12.4. The quantitative estimate of drug-likeness (QED) is 0.828. The molecule has 18 heavy (non-hydrogen) atoms. The van der Waals surface area contributed by atoms with Crippen LogP contribution >= 0.6 is 0 Å². The van der Waals surface area contributed by atoms with E-state index in [1.54, 1.807) is 4.31 Å².